The summed E-state index contributed by atoms with van der Waals surface area (Å²) in [7, 11) is 0. The molecule has 1 N–H and O–H groups in total. The second-order valence-corrected chi connectivity index (χ2v) is 5.88. The maximum atomic E-state index is 12.9. The molecule has 0 radical (unpaired) electrons. The molecule has 1 fully saturated rings. The summed E-state index contributed by atoms with van der Waals surface area (Å²) in [6, 6.07) is 1.22. The normalized spacial score (nSPS) is 23.3. The lowest BCUT2D eigenvalue weighted by atomic mass is 9.78. The lowest BCUT2D eigenvalue weighted by Gasteiger charge is -2.32. The minimum atomic E-state index is -4.50. The van der Waals surface area contributed by atoms with E-state index in [9.17, 15) is 23.1 Å². The third-order valence-electron chi connectivity index (χ3n) is 4.43. The molecule has 23 heavy (non-hydrogen) atoms. The third kappa shape index (κ3) is 4.36. The van der Waals surface area contributed by atoms with E-state index in [1.54, 1.807) is 0 Å². The zero-order valence-corrected chi connectivity index (χ0v) is 12.8. The van der Waals surface area contributed by atoms with Crippen LogP contribution < -0.4 is 4.74 Å². The van der Waals surface area contributed by atoms with Crippen molar-refractivity contribution < 1.29 is 27.8 Å². The van der Waals surface area contributed by atoms with E-state index in [-0.39, 0.29) is 23.7 Å². The quantitative estimate of drug-likeness (QED) is 0.880. The van der Waals surface area contributed by atoms with Crippen LogP contribution in [0, 0.1) is 11.8 Å². The first-order valence-electron chi connectivity index (χ1n) is 7.73. The van der Waals surface area contributed by atoms with Gasteiger partial charge >= 0.3 is 12.1 Å². The van der Waals surface area contributed by atoms with E-state index < -0.39 is 17.7 Å². The Bertz CT molecular complexity index is 540. The van der Waals surface area contributed by atoms with Crippen LogP contribution in [0.1, 0.15) is 44.6 Å². The highest BCUT2D eigenvalue weighted by atomic mass is 19.4. The molecule has 1 heterocycles. The number of aliphatic carboxylic acids is 1. The van der Waals surface area contributed by atoms with Crippen molar-refractivity contribution in [3.05, 3.63) is 24.0 Å². The lowest BCUT2D eigenvalue weighted by molar-refractivity contribution is -0.145. The van der Waals surface area contributed by atoms with Crippen molar-refractivity contribution in [1.82, 2.24) is 4.98 Å². The Kier molecular flexibility index (Phi) is 5.49. The van der Waals surface area contributed by atoms with Crippen molar-refractivity contribution in [3.8, 4) is 5.75 Å². The van der Waals surface area contributed by atoms with Gasteiger partial charge in [0.05, 0.1) is 12.0 Å². The van der Waals surface area contributed by atoms with Crippen LogP contribution in [0.4, 0.5) is 13.2 Å². The molecule has 0 aromatic carbocycles. The molecule has 0 spiro atoms. The Labute approximate surface area is 132 Å². The summed E-state index contributed by atoms with van der Waals surface area (Å²) < 4.78 is 44.3. The molecule has 1 aromatic heterocycles. The van der Waals surface area contributed by atoms with Crippen LogP contribution in [-0.4, -0.2) is 22.2 Å². The number of nitrogens with zero attached hydrogens (tertiary/aromatic N) is 1. The van der Waals surface area contributed by atoms with Crippen molar-refractivity contribution in [2.45, 2.75) is 51.3 Å². The Balaban J connectivity index is 1.99. The molecular formula is C16H20F3NO3. The summed E-state index contributed by atoms with van der Waals surface area (Å²) in [6.07, 6.45) is 0.213. The van der Waals surface area contributed by atoms with Crippen LogP contribution in [0.5, 0.6) is 5.75 Å². The summed E-state index contributed by atoms with van der Waals surface area (Å²) >= 11 is 0. The van der Waals surface area contributed by atoms with Gasteiger partial charge in [0.1, 0.15) is 11.3 Å². The van der Waals surface area contributed by atoms with Crippen LogP contribution in [-0.2, 0) is 11.0 Å². The standard InChI is InChI=1S/C16H20F3NO3/c1-2-12(15(21)22)10-3-5-11(6-4-10)23-14-7-8-20-9-13(14)16(17,18)19/h7-12H,2-6H2,1H3,(H,21,22)/t10-,11-,12?. The lowest BCUT2D eigenvalue weighted by Crippen LogP contribution is -2.31. The van der Waals surface area contributed by atoms with E-state index in [0.29, 0.717) is 32.1 Å². The van der Waals surface area contributed by atoms with Gasteiger partial charge in [-0.1, -0.05) is 6.92 Å². The van der Waals surface area contributed by atoms with E-state index >= 15 is 0 Å². The molecule has 1 aliphatic carbocycles. The molecule has 0 amide bonds. The minimum absolute atomic E-state index is 0.0666. The number of carbonyl (C=O) groups is 1. The number of hydrogen-bond donors (Lipinski definition) is 1. The highest BCUT2D eigenvalue weighted by Crippen LogP contribution is 2.38. The average Bonchev–Trinajstić information content (AvgIpc) is 2.49. The van der Waals surface area contributed by atoms with Gasteiger partial charge in [-0.3, -0.25) is 9.78 Å². The van der Waals surface area contributed by atoms with Crippen molar-refractivity contribution in [2.75, 3.05) is 0 Å². The molecule has 1 aliphatic rings. The molecule has 7 heteroatoms. The monoisotopic (exact) mass is 331 g/mol. The van der Waals surface area contributed by atoms with Gasteiger partial charge in [-0.05, 0) is 44.1 Å². The van der Waals surface area contributed by atoms with Crippen LogP contribution in [0.3, 0.4) is 0 Å². The molecule has 0 saturated heterocycles. The Morgan fingerprint density at radius 2 is 2.04 bits per heavy atom. The van der Waals surface area contributed by atoms with Crippen LogP contribution in [0.15, 0.2) is 18.5 Å². The first kappa shape index (κ1) is 17.6. The highest BCUT2D eigenvalue weighted by Gasteiger charge is 2.36. The number of carboxylic acids is 1. The topological polar surface area (TPSA) is 59.4 Å². The molecule has 2 rings (SSSR count). The SMILES string of the molecule is CCC(C(=O)O)[C@H]1CC[C@H](Oc2ccncc2C(F)(F)F)CC1. The fourth-order valence-corrected chi connectivity index (χ4v) is 3.20. The smallest absolute Gasteiger partial charge is 0.421 e. The number of hydrogen-bond acceptors (Lipinski definition) is 3. The predicted octanol–water partition coefficient (Wildman–Crippen LogP) is 4.15. The maximum absolute atomic E-state index is 12.9. The van der Waals surface area contributed by atoms with Crippen LogP contribution in [0.2, 0.25) is 0 Å². The number of alkyl halides is 3. The largest absolute Gasteiger partial charge is 0.490 e. The summed E-state index contributed by atoms with van der Waals surface area (Å²) in [5.74, 6) is -1.33. The van der Waals surface area contributed by atoms with E-state index in [4.69, 9.17) is 4.74 Å². The fraction of sp³-hybridized carbons (Fsp3) is 0.625. The van der Waals surface area contributed by atoms with Gasteiger partial charge < -0.3 is 9.84 Å². The first-order chi connectivity index (χ1) is 10.8. The summed E-state index contributed by atoms with van der Waals surface area (Å²) in [4.78, 5) is 14.7. The van der Waals surface area contributed by atoms with Crippen LogP contribution >= 0.6 is 0 Å². The average molecular weight is 331 g/mol. The molecule has 1 aromatic rings. The highest BCUT2D eigenvalue weighted by molar-refractivity contribution is 5.70. The van der Waals surface area contributed by atoms with Gasteiger partial charge in [-0.25, -0.2) is 0 Å². The number of halogens is 3. The number of carboxylic acid groups (broad SMARTS) is 1. The van der Waals surface area contributed by atoms with Crippen LogP contribution in [0.25, 0.3) is 0 Å². The minimum Gasteiger partial charge on any atom is -0.490 e. The second-order valence-electron chi connectivity index (χ2n) is 5.88. The van der Waals surface area contributed by atoms with Crippen molar-refractivity contribution >= 4 is 5.97 Å². The Morgan fingerprint density at radius 1 is 1.39 bits per heavy atom. The molecule has 1 atom stereocenters. The molecule has 0 aliphatic heterocycles. The fourth-order valence-electron chi connectivity index (χ4n) is 3.20. The van der Waals surface area contributed by atoms with Gasteiger partial charge in [-0.15, -0.1) is 0 Å². The molecular weight excluding hydrogens is 311 g/mol. The van der Waals surface area contributed by atoms with E-state index in [1.807, 2.05) is 6.92 Å². The maximum Gasteiger partial charge on any atom is 0.421 e. The number of rotatable bonds is 5. The second kappa shape index (κ2) is 7.19. The first-order valence-corrected chi connectivity index (χ1v) is 7.73. The van der Waals surface area contributed by atoms with Gasteiger partial charge in [0.2, 0.25) is 0 Å². The van der Waals surface area contributed by atoms with Gasteiger partial charge in [0.25, 0.3) is 0 Å². The van der Waals surface area contributed by atoms with Gasteiger partial charge in [0.15, 0.2) is 0 Å². The Hall–Kier alpha value is -1.79. The molecule has 1 saturated carbocycles. The van der Waals surface area contributed by atoms with E-state index in [2.05, 4.69) is 4.98 Å². The van der Waals surface area contributed by atoms with Crippen molar-refractivity contribution in [3.63, 3.8) is 0 Å². The number of aromatic nitrogens is 1. The van der Waals surface area contributed by atoms with E-state index in [1.165, 1.54) is 12.3 Å². The van der Waals surface area contributed by atoms with E-state index in [0.717, 1.165) is 6.20 Å². The molecule has 0 bridgehead atoms. The Morgan fingerprint density at radius 3 is 2.57 bits per heavy atom. The molecule has 1 unspecified atom stereocenters. The zero-order valence-electron chi connectivity index (χ0n) is 12.8. The predicted molar refractivity (Wildman–Crippen MR) is 77.0 cm³/mol. The zero-order chi connectivity index (χ0) is 17.0. The molecule has 128 valence electrons. The van der Waals surface area contributed by atoms with Gasteiger partial charge in [0, 0.05) is 12.4 Å². The third-order valence-corrected chi connectivity index (χ3v) is 4.43. The van der Waals surface area contributed by atoms with Crippen molar-refractivity contribution in [1.29, 1.82) is 0 Å². The number of pyridine rings is 1. The summed E-state index contributed by atoms with van der Waals surface area (Å²) in [5, 5.41) is 9.19. The summed E-state index contributed by atoms with van der Waals surface area (Å²) in [5.41, 5.74) is -0.876. The van der Waals surface area contributed by atoms with Crippen molar-refractivity contribution in [2.24, 2.45) is 11.8 Å². The molecule has 4 nitrogen and oxygen atoms in total. The van der Waals surface area contributed by atoms with Gasteiger partial charge in [-0.2, -0.15) is 13.2 Å². The summed E-state index contributed by atoms with van der Waals surface area (Å²) in [6.45, 7) is 1.84. The number of ether oxygens (including phenoxy) is 1.